The fraction of sp³-hybridized carbons (Fsp3) is 0.381. The highest BCUT2D eigenvalue weighted by molar-refractivity contribution is 5.70. The predicted molar refractivity (Wildman–Crippen MR) is 96.7 cm³/mol. The van der Waals surface area contributed by atoms with E-state index in [0.29, 0.717) is 0 Å². The molecule has 0 bridgehead atoms. The van der Waals surface area contributed by atoms with E-state index in [0.717, 1.165) is 12.1 Å². The molecule has 2 aromatic rings. The highest BCUT2D eigenvalue weighted by atomic mass is 19.4. The van der Waals surface area contributed by atoms with E-state index >= 15 is 0 Å². The van der Waals surface area contributed by atoms with Crippen molar-refractivity contribution in [2.24, 2.45) is 5.92 Å². The van der Waals surface area contributed by atoms with Crippen LogP contribution in [0, 0.1) is 5.92 Å². The highest BCUT2D eigenvalue weighted by Gasteiger charge is 2.42. The topological polar surface area (TPSA) is 40.5 Å². The lowest BCUT2D eigenvalue weighted by molar-refractivity contribution is -0.143. The van der Waals surface area contributed by atoms with Gasteiger partial charge in [-0.1, -0.05) is 36.4 Å². The van der Waals surface area contributed by atoms with Gasteiger partial charge in [0, 0.05) is 0 Å². The van der Waals surface area contributed by atoms with Gasteiger partial charge >= 0.3 is 18.3 Å². The number of aliphatic carboxylic acids is 1. The standard InChI is InChI=1S/C21H19F6NO2/c22-20(23,24)16-7-3-1-5-14(16)18(28-11-9-13(10-12-28)19(29)30)15-6-2-4-8-17(15)21(25,26)27/h1-8,13,18H,9-12H2,(H,29,30). The van der Waals surface area contributed by atoms with Gasteiger partial charge in [-0.05, 0) is 49.2 Å². The average molecular weight is 431 g/mol. The van der Waals surface area contributed by atoms with Crippen molar-refractivity contribution in [2.45, 2.75) is 31.2 Å². The maximum atomic E-state index is 13.7. The van der Waals surface area contributed by atoms with E-state index in [4.69, 9.17) is 0 Å². The molecule has 0 aliphatic carbocycles. The van der Waals surface area contributed by atoms with Crippen LogP contribution >= 0.6 is 0 Å². The third-order valence-electron chi connectivity index (χ3n) is 5.37. The molecule has 0 saturated carbocycles. The number of piperidine rings is 1. The van der Waals surface area contributed by atoms with Crippen LogP contribution in [-0.4, -0.2) is 29.1 Å². The first-order chi connectivity index (χ1) is 14.0. The van der Waals surface area contributed by atoms with Crippen molar-refractivity contribution in [1.82, 2.24) is 4.90 Å². The lowest BCUT2D eigenvalue weighted by atomic mass is 9.87. The molecule has 0 aromatic heterocycles. The molecule has 2 aromatic carbocycles. The van der Waals surface area contributed by atoms with Crippen LogP contribution in [0.15, 0.2) is 48.5 Å². The third-order valence-corrected chi connectivity index (χ3v) is 5.37. The number of nitrogens with zero attached hydrogens (tertiary/aromatic N) is 1. The molecular weight excluding hydrogens is 412 g/mol. The predicted octanol–water partition coefficient (Wildman–Crippen LogP) is 5.61. The Bertz CT molecular complexity index is 843. The minimum Gasteiger partial charge on any atom is -0.481 e. The van der Waals surface area contributed by atoms with E-state index in [1.54, 1.807) is 0 Å². The normalized spacial score (nSPS) is 16.8. The zero-order valence-corrected chi connectivity index (χ0v) is 15.7. The van der Waals surface area contributed by atoms with E-state index in [1.165, 1.54) is 41.3 Å². The summed E-state index contributed by atoms with van der Waals surface area (Å²) in [6.45, 7) is 0.139. The van der Waals surface area contributed by atoms with Crippen LogP contribution in [0.4, 0.5) is 26.3 Å². The van der Waals surface area contributed by atoms with Crippen LogP contribution in [0.3, 0.4) is 0 Å². The van der Waals surface area contributed by atoms with Crippen LogP contribution in [0.1, 0.15) is 41.1 Å². The van der Waals surface area contributed by atoms with Gasteiger partial charge < -0.3 is 5.11 Å². The first kappa shape index (κ1) is 22.1. The summed E-state index contributed by atoms with van der Waals surface area (Å²) in [7, 11) is 0. The van der Waals surface area contributed by atoms with Crippen molar-refractivity contribution in [3.63, 3.8) is 0 Å². The summed E-state index contributed by atoms with van der Waals surface area (Å²) in [6.07, 6.45) is -9.20. The SMILES string of the molecule is O=C(O)C1CCN(C(c2ccccc2C(F)(F)F)c2ccccc2C(F)(F)F)CC1. The lowest BCUT2D eigenvalue weighted by Gasteiger charge is -2.38. The Labute approximate surface area is 168 Å². The summed E-state index contributed by atoms with van der Waals surface area (Å²) < 4.78 is 82.1. The van der Waals surface area contributed by atoms with Gasteiger partial charge in [-0.3, -0.25) is 9.69 Å². The first-order valence-electron chi connectivity index (χ1n) is 9.29. The van der Waals surface area contributed by atoms with Crippen LogP contribution in [-0.2, 0) is 17.1 Å². The van der Waals surface area contributed by atoms with Gasteiger partial charge in [0.25, 0.3) is 0 Å². The van der Waals surface area contributed by atoms with Gasteiger partial charge in [0.05, 0.1) is 23.1 Å². The second-order valence-electron chi connectivity index (χ2n) is 7.22. The van der Waals surface area contributed by atoms with Crippen molar-refractivity contribution >= 4 is 5.97 Å². The van der Waals surface area contributed by atoms with Gasteiger partial charge in [-0.25, -0.2) is 0 Å². The van der Waals surface area contributed by atoms with Crippen LogP contribution in [0.25, 0.3) is 0 Å². The number of carbonyl (C=O) groups is 1. The molecule has 1 saturated heterocycles. The van der Waals surface area contributed by atoms with Gasteiger partial charge in [-0.2, -0.15) is 26.3 Å². The van der Waals surface area contributed by atoms with E-state index in [2.05, 4.69) is 0 Å². The van der Waals surface area contributed by atoms with Crippen molar-refractivity contribution in [1.29, 1.82) is 0 Å². The lowest BCUT2D eigenvalue weighted by Crippen LogP contribution is -2.40. The number of carboxylic acid groups (broad SMARTS) is 1. The number of alkyl halides is 6. The van der Waals surface area contributed by atoms with Gasteiger partial charge in [0.15, 0.2) is 0 Å². The zero-order valence-electron chi connectivity index (χ0n) is 15.7. The molecule has 9 heteroatoms. The molecule has 1 N–H and O–H groups in total. The molecule has 162 valence electrons. The second kappa shape index (κ2) is 8.29. The van der Waals surface area contributed by atoms with E-state index in [1.807, 2.05) is 0 Å². The largest absolute Gasteiger partial charge is 0.481 e. The Morgan fingerprint density at radius 1 is 0.833 bits per heavy atom. The van der Waals surface area contributed by atoms with Crippen LogP contribution in [0.5, 0.6) is 0 Å². The molecular formula is C21H19F6NO2. The Balaban J connectivity index is 2.15. The molecule has 3 nitrogen and oxygen atoms in total. The van der Waals surface area contributed by atoms with Crippen molar-refractivity contribution in [2.75, 3.05) is 13.1 Å². The quantitative estimate of drug-likeness (QED) is 0.640. The third kappa shape index (κ3) is 4.61. The molecule has 0 unspecified atom stereocenters. The number of hydrogen-bond donors (Lipinski definition) is 1. The molecule has 1 aliphatic rings. The van der Waals surface area contributed by atoms with Gasteiger partial charge in [-0.15, -0.1) is 0 Å². The molecule has 0 spiro atoms. The Morgan fingerprint density at radius 2 is 1.23 bits per heavy atom. The Hall–Kier alpha value is -2.55. The van der Waals surface area contributed by atoms with E-state index in [-0.39, 0.29) is 37.1 Å². The van der Waals surface area contributed by atoms with Crippen molar-refractivity contribution in [3.05, 3.63) is 70.8 Å². The molecule has 30 heavy (non-hydrogen) atoms. The number of hydrogen-bond acceptors (Lipinski definition) is 2. The number of likely N-dealkylation sites (tertiary alicyclic amines) is 1. The molecule has 0 radical (unpaired) electrons. The summed E-state index contributed by atoms with van der Waals surface area (Å²) in [6, 6.07) is 7.86. The number of halogens is 6. The fourth-order valence-electron chi connectivity index (χ4n) is 3.95. The van der Waals surface area contributed by atoms with Crippen molar-refractivity contribution < 1.29 is 36.2 Å². The highest BCUT2D eigenvalue weighted by Crippen LogP contribution is 2.44. The van der Waals surface area contributed by atoms with Crippen LogP contribution in [0.2, 0.25) is 0 Å². The average Bonchev–Trinajstić information content (AvgIpc) is 2.68. The molecule has 3 rings (SSSR count). The molecule has 1 fully saturated rings. The molecule has 0 amide bonds. The number of benzene rings is 2. The summed E-state index contributed by atoms with van der Waals surface area (Å²) in [4.78, 5) is 12.7. The summed E-state index contributed by atoms with van der Waals surface area (Å²) in [5.74, 6) is -1.68. The monoisotopic (exact) mass is 431 g/mol. The zero-order chi connectivity index (χ0) is 22.1. The summed E-state index contributed by atoms with van der Waals surface area (Å²) in [5.41, 5.74) is -2.58. The Morgan fingerprint density at radius 3 is 1.60 bits per heavy atom. The van der Waals surface area contributed by atoms with Crippen molar-refractivity contribution in [3.8, 4) is 0 Å². The number of carboxylic acids is 1. The maximum absolute atomic E-state index is 13.7. The maximum Gasteiger partial charge on any atom is 0.416 e. The van der Waals surface area contributed by atoms with E-state index in [9.17, 15) is 36.2 Å². The van der Waals surface area contributed by atoms with E-state index < -0.39 is 41.4 Å². The summed E-state index contributed by atoms with van der Waals surface area (Å²) in [5, 5.41) is 9.18. The fourth-order valence-corrected chi connectivity index (χ4v) is 3.95. The Kier molecular flexibility index (Phi) is 6.12. The minimum atomic E-state index is -4.75. The minimum absolute atomic E-state index is 0.0695. The van der Waals surface area contributed by atoms with Crippen LogP contribution < -0.4 is 0 Å². The van der Waals surface area contributed by atoms with Gasteiger partial charge in [0.2, 0.25) is 0 Å². The summed E-state index contributed by atoms with van der Waals surface area (Å²) >= 11 is 0. The number of rotatable bonds is 4. The molecule has 1 aliphatic heterocycles. The first-order valence-corrected chi connectivity index (χ1v) is 9.29. The molecule has 0 atom stereocenters. The second-order valence-corrected chi connectivity index (χ2v) is 7.22. The molecule has 1 heterocycles. The van der Waals surface area contributed by atoms with Gasteiger partial charge in [0.1, 0.15) is 0 Å². The smallest absolute Gasteiger partial charge is 0.416 e.